The van der Waals surface area contributed by atoms with E-state index in [0.717, 1.165) is 50.3 Å². The first kappa shape index (κ1) is 28.5. The molecule has 6 heteroatoms. The van der Waals surface area contributed by atoms with E-state index in [4.69, 9.17) is 9.40 Å². The maximum Gasteiger partial charge on any atom is 0.248 e. The van der Waals surface area contributed by atoms with Crippen LogP contribution in [0.2, 0.25) is 0 Å². The fourth-order valence-corrected chi connectivity index (χ4v) is 9.92. The van der Waals surface area contributed by atoms with Gasteiger partial charge in [-0.05, 0) is 84.1 Å². The van der Waals surface area contributed by atoms with E-state index >= 15 is 0 Å². The van der Waals surface area contributed by atoms with Crippen LogP contribution in [-0.2, 0) is 0 Å². The molecular formula is C48H29BN4O. The normalized spacial score (nSPS) is 13.2. The number of aryl methyl sites for hydroxylation is 1. The lowest BCUT2D eigenvalue weighted by molar-refractivity contribution is 0.669. The van der Waals surface area contributed by atoms with Crippen molar-refractivity contribution in [3.05, 3.63) is 163 Å². The second kappa shape index (κ2) is 10.1. The summed E-state index contributed by atoms with van der Waals surface area (Å²) in [5.41, 5.74) is 18.5. The third-order valence-electron chi connectivity index (χ3n) is 12.0. The van der Waals surface area contributed by atoms with Gasteiger partial charge < -0.3 is 9.32 Å². The van der Waals surface area contributed by atoms with Crippen LogP contribution in [0.15, 0.2) is 162 Å². The highest BCUT2D eigenvalue weighted by atomic mass is 16.3. The molecule has 0 aliphatic carbocycles. The molecular weight excluding hydrogens is 659 g/mol. The number of aromatic nitrogens is 3. The Morgan fingerprint density at radius 1 is 0.556 bits per heavy atom. The van der Waals surface area contributed by atoms with Gasteiger partial charge in [-0.3, -0.25) is 8.97 Å². The Hall–Kier alpha value is -7.05. The first-order valence-electron chi connectivity index (χ1n) is 18.6. The maximum absolute atomic E-state index is 6.56. The van der Waals surface area contributed by atoms with Gasteiger partial charge in [-0.1, -0.05) is 108 Å². The molecule has 0 saturated heterocycles. The lowest BCUT2D eigenvalue weighted by atomic mass is 9.34. The van der Waals surface area contributed by atoms with Crippen molar-refractivity contribution in [3.8, 4) is 16.8 Å². The number of anilines is 3. The SMILES string of the molecule is Cc1ccc2oc3ccccc3c2c1B1c2ccccc2-n2c3c1cc1c4c(ccc(c43)n3c4ccccc4nc23)N(c2ccccc2)c2ccccc2-1. The molecule has 0 fully saturated rings. The second-order valence-corrected chi connectivity index (χ2v) is 14.7. The molecule has 13 rings (SSSR count). The highest BCUT2D eigenvalue weighted by molar-refractivity contribution is 6.99. The number of para-hydroxylation sites is 6. The molecule has 11 aromatic rings. The van der Waals surface area contributed by atoms with Gasteiger partial charge in [0.25, 0.3) is 0 Å². The van der Waals surface area contributed by atoms with Crippen LogP contribution in [0.1, 0.15) is 5.56 Å². The van der Waals surface area contributed by atoms with Crippen LogP contribution in [0.3, 0.4) is 0 Å². The zero-order chi connectivity index (χ0) is 35.2. The van der Waals surface area contributed by atoms with Gasteiger partial charge >= 0.3 is 0 Å². The van der Waals surface area contributed by atoms with Crippen molar-refractivity contribution in [1.29, 1.82) is 0 Å². The first-order chi connectivity index (χ1) is 26.7. The van der Waals surface area contributed by atoms with Crippen LogP contribution in [0.5, 0.6) is 0 Å². The fourth-order valence-electron chi connectivity index (χ4n) is 9.92. The van der Waals surface area contributed by atoms with Crippen LogP contribution < -0.4 is 21.3 Å². The van der Waals surface area contributed by atoms with Gasteiger partial charge in [-0.15, -0.1) is 0 Å². The summed E-state index contributed by atoms with van der Waals surface area (Å²) in [7, 11) is 0. The summed E-state index contributed by atoms with van der Waals surface area (Å²) in [4.78, 5) is 7.85. The minimum Gasteiger partial charge on any atom is -0.456 e. The minimum absolute atomic E-state index is 0.0652. The molecule has 8 aromatic carbocycles. The molecule has 54 heavy (non-hydrogen) atoms. The molecule has 3 aromatic heterocycles. The molecule has 2 aliphatic heterocycles. The van der Waals surface area contributed by atoms with Crippen molar-refractivity contribution in [1.82, 2.24) is 14.0 Å². The lowest BCUT2D eigenvalue weighted by Gasteiger charge is -2.37. The Morgan fingerprint density at radius 3 is 2.26 bits per heavy atom. The number of hydrogen-bond acceptors (Lipinski definition) is 3. The molecule has 0 saturated carbocycles. The molecule has 0 N–H and O–H groups in total. The van der Waals surface area contributed by atoms with Crippen molar-refractivity contribution in [2.75, 3.05) is 4.90 Å². The molecule has 2 aliphatic rings. The average molecular weight is 689 g/mol. The summed E-state index contributed by atoms with van der Waals surface area (Å²) in [6.45, 7) is 2.20. The van der Waals surface area contributed by atoms with Gasteiger partial charge in [-0.2, -0.15) is 0 Å². The molecule has 0 amide bonds. The molecule has 0 radical (unpaired) electrons. The van der Waals surface area contributed by atoms with E-state index in [-0.39, 0.29) is 6.71 Å². The van der Waals surface area contributed by atoms with Crippen molar-refractivity contribution in [3.63, 3.8) is 0 Å². The highest BCUT2D eigenvalue weighted by Gasteiger charge is 2.39. The molecule has 0 unspecified atom stereocenters. The number of hydrogen-bond donors (Lipinski definition) is 0. The summed E-state index contributed by atoms with van der Waals surface area (Å²) in [5.74, 6) is 0.915. The standard InChI is InChI=1S/C48H29BN4O/c1-28-23-26-42-44(31-16-6-12-22-41(31)54-42)46(28)49-33-17-7-10-20-37(33)53-47-34(49)27-32-30-15-5-9-19-36(30)51(29-13-3-2-4-14-29)39-24-25-40(45(47)43(32)39)52-38-21-11-8-18-35(38)50-48(52)53/h2-27H,1H3. The highest BCUT2D eigenvalue weighted by Crippen LogP contribution is 2.53. The minimum atomic E-state index is -0.0652. The van der Waals surface area contributed by atoms with Crippen LogP contribution in [0, 0.1) is 6.92 Å². The predicted molar refractivity (Wildman–Crippen MR) is 224 cm³/mol. The number of benzene rings is 8. The third kappa shape index (κ3) is 3.44. The summed E-state index contributed by atoms with van der Waals surface area (Å²) in [5, 5.41) is 4.83. The maximum atomic E-state index is 6.56. The Labute approximate surface area is 310 Å². The number of rotatable bonds is 2. The van der Waals surface area contributed by atoms with E-state index in [2.05, 4.69) is 179 Å². The molecule has 5 heterocycles. The quantitative estimate of drug-likeness (QED) is 0.170. The van der Waals surface area contributed by atoms with E-state index in [1.807, 2.05) is 0 Å². The number of imidazole rings is 1. The monoisotopic (exact) mass is 688 g/mol. The van der Waals surface area contributed by atoms with Crippen molar-refractivity contribution in [2.45, 2.75) is 6.92 Å². The molecule has 0 bridgehead atoms. The third-order valence-corrected chi connectivity index (χ3v) is 12.0. The Morgan fingerprint density at radius 2 is 1.33 bits per heavy atom. The van der Waals surface area contributed by atoms with Crippen molar-refractivity contribution < 1.29 is 4.42 Å². The smallest absolute Gasteiger partial charge is 0.248 e. The summed E-state index contributed by atoms with van der Waals surface area (Å²) in [6.07, 6.45) is 0. The number of furan rings is 1. The largest absolute Gasteiger partial charge is 0.456 e. The number of fused-ring (bicyclic) bond motifs is 12. The Balaban J connectivity index is 1.29. The van der Waals surface area contributed by atoms with Gasteiger partial charge in [0, 0.05) is 38.5 Å². The molecule has 250 valence electrons. The summed E-state index contributed by atoms with van der Waals surface area (Å²) < 4.78 is 11.4. The first-order valence-corrected chi connectivity index (χ1v) is 18.6. The predicted octanol–water partition coefficient (Wildman–Crippen LogP) is 10.1. The van der Waals surface area contributed by atoms with Gasteiger partial charge in [0.1, 0.15) is 11.2 Å². The van der Waals surface area contributed by atoms with Crippen LogP contribution in [-0.4, -0.2) is 20.7 Å². The summed E-state index contributed by atoms with van der Waals surface area (Å²) in [6, 6.07) is 57.2. The van der Waals surface area contributed by atoms with Gasteiger partial charge in [-0.25, -0.2) is 4.98 Å². The Kier molecular flexibility index (Phi) is 5.33. The molecule has 0 atom stereocenters. The summed E-state index contributed by atoms with van der Waals surface area (Å²) >= 11 is 0. The topological polar surface area (TPSA) is 38.6 Å². The number of nitrogens with zero attached hydrogens (tertiary/aromatic N) is 4. The second-order valence-electron chi connectivity index (χ2n) is 14.7. The van der Waals surface area contributed by atoms with Gasteiger partial charge in [0.2, 0.25) is 12.5 Å². The van der Waals surface area contributed by atoms with Crippen molar-refractivity contribution in [2.24, 2.45) is 0 Å². The fraction of sp³-hybridized carbons (Fsp3) is 0.0208. The van der Waals surface area contributed by atoms with Gasteiger partial charge in [0.05, 0.1) is 33.4 Å². The van der Waals surface area contributed by atoms with E-state index in [0.29, 0.717) is 0 Å². The van der Waals surface area contributed by atoms with Crippen LogP contribution in [0.4, 0.5) is 17.1 Å². The average Bonchev–Trinajstić information content (AvgIpc) is 3.80. The van der Waals surface area contributed by atoms with Crippen LogP contribution >= 0.6 is 0 Å². The van der Waals surface area contributed by atoms with Crippen LogP contribution in [0.25, 0.3) is 77.4 Å². The van der Waals surface area contributed by atoms with E-state index in [9.17, 15) is 0 Å². The zero-order valence-corrected chi connectivity index (χ0v) is 29.3. The van der Waals surface area contributed by atoms with E-state index < -0.39 is 0 Å². The van der Waals surface area contributed by atoms with E-state index in [1.165, 1.54) is 66.1 Å². The Bertz CT molecular complexity index is 3430. The van der Waals surface area contributed by atoms with Gasteiger partial charge in [0.15, 0.2) is 0 Å². The lowest BCUT2D eigenvalue weighted by Crippen LogP contribution is -2.57. The molecule has 0 spiro atoms. The molecule has 5 nitrogen and oxygen atoms in total. The van der Waals surface area contributed by atoms with Crippen molar-refractivity contribution >= 4 is 101 Å². The zero-order valence-electron chi connectivity index (χ0n) is 29.3. The van der Waals surface area contributed by atoms with E-state index in [1.54, 1.807) is 0 Å².